The van der Waals surface area contributed by atoms with Crippen molar-refractivity contribution < 1.29 is 9.15 Å². The van der Waals surface area contributed by atoms with Gasteiger partial charge < -0.3 is 9.15 Å². The smallest absolute Gasteiger partial charge is 0.135 e. The Kier molecular flexibility index (Phi) is 9.25. The van der Waals surface area contributed by atoms with Gasteiger partial charge in [-0.15, -0.1) is 0 Å². The number of allylic oxidation sites excluding steroid dienone is 9. The summed E-state index contributed by atoms with van der Waals surface area (Å²) in [4.78, 5) is 0. The molecule has 0 saturated carbocycles. The third-order valence-electron chi connectivity index (χ3n) is 6.82. The summed E-state index contributed by atoms with van der Waals surface area (Å²) in [6, 6.07) is 2.19. The molecule has 1 saturated heterocycles. The van der Waals surface area contributed by atoms with Crippen LogP contribution in [0.3, 0.4) is 0 Å². The van der Waals surface area contributed by atoms with E-state index in [2.05, 4.69) is 76.8 Å². The predicted molar refractivity (Wildman–Crippen MR) is 138 cm³/mol. The van der Waals surface area contributed by atoms with Crippen LogP contribution >= 0.6 is 11.6 Å². The van der Waals surface area contributed by atoms with Crippen molar-refractivity contribution in [3.63, 3.8) is 0 Å². The van der Waals surface area contributed by atoms with Crippen LogP contribution in [0.1, 0.15) is 70.0 Å². The Hall–Kier alpha value is -1.77. The highest BCUT2D eigenvalue weighted by Crippen LogP contribution is 2.41. The van der Waals surface area contributed by atoms with Crippen LogP contribution in [0.15, 0.2) is 58.6 Å². The van der Waals surface area contributed by atoms with Gasteiger partial charge in [0, 0.05) is 29.7 Å². The zero-order chi connectivity index (χ0) is 23.1. The van der Waals surface area contributed by atoms with Crippen LogP contribution in [0.2, 0.25) is 0 Å². The average molecular weight is 455 g/mol. The maximum atomic E-state index is 6.61. The van der Waals surface area contributed by atoms with E-state index in [1.165, 1.54) is 11.1 Å². The maximum absolute atomic E-state index is 6.61. The fraction of sp³-hybridized carbons (Fsp3) is 0.517. The average Bonchev–Trinajstić information content (AvgIpc) is 3.10. The SMILES string of the molecule is C=C(Cl)C(/C=C(\c1oc(C2=C/C=C\C(C)C\C=C\2)cc1C)C1CCCOCCC1C)CC. The third-order valence-corrected chi connectivity index (χ3v) is 7.10. The molecule has 1 aromatic heterocycles. The Morgan fingerprint density at radius 3 is 2.84 bits per heavy atom. The second kappa shape index (κ2) is 11.9. The van der Waals surface area contributed by atoms with Crippen molar-refractivity contribution in [3.05, 3.63) is 71.2 Å². The van der Waals surface area contributed by atoms with Crippen molar-refractivity contribution in [1.29, 1.82) is 0 Å². The topological polar surface area (TPSA) is 22.4 Å². The molecule has 0 bridgehead atoms. The highest BCUT2D eigenvalue weighted by molar-refractivity contribution is 6.29. The van der Waals surface area contributed by atoms with Gasteiger partial charge in [0.05, 0.1) is 0 Å². The first-order valence-corrected chi connectivity index (χ1v) is 12.6. The lowest BCUT2D eigenvalue weighted by molar-refractivity contribution is 0.0935. The molecule has 2 nitrogen and oxygen atoms in total. The van der Waals surface area contributed by atoms with E-state index >= 15 is 0 Å². The molecule has 0 radical (unpaired) electrons. The molecule has 3 heteroatoms. The molecule has 0 spiro atoms. The largest absolute Gasteiger partial charge is 0.456 e. The summed E-state index contributed by atoms with van der Waals surface area (Å²) in [7, 11) is 0. The zero-order valence-electron chi connectivity index (χ0n) is 20.2. The van der Waals surface area contributed by atoms with Crippen molar-refractivity contribution in [1.82, 2.24) is 0 Å². The highest BCUT2D eigenvalue weighted by atomic mass is 35.5. The van der Waals surface area contributed by atoms with Crippen LogP contribution in [0.25, 0.3) is 11.1 Å². The van der Waals surface area contributed by atoms with Gasteiger partial charge in [0.15, 0.2) is 0 Å². The third kappa shape index (κ3) is 6.39. The van der Waals surface area contributed by atoms with E-state index < -0.39 is 0 Å². The van der Waals surface area contributed by atoms with Gasteiger partial charge in [0.25, 0.3) is 0 Å². The van der Waals surface area contributed by atoms with Gasteiger partial charge in [-0.05, 0) is 74.0 Å². The van der Waals surface area contributed by atoms with Crippen molar-refractivity contribution >= 4 is 22.7 Å². The van der Waals surface area contributed by atoms with Crippen molar-refractivity contribution in [2.75, 3.05) is 13.2 Å². The van der Waals surface area contributed by atoms with Gasteiger partial charge in [0.1, 0.15) is 11.5 Å². The van der Waals surface area contributed by atoms with Crippen LogP contribution in [-0.2, 0) is 4.74 Å². The number of aryl methyl sites for hydroxylation is 1. The van der Waals surface area contributed by atoms with Gasteiger partial charge in [-0.2, -0.15) is 0 Å². The number of hydrogen-bond donors (Lipinski definition) is 0. The van der Waals surface area contributed by atoms with Crippen LogP contribution in [0.5, 0.6) is 0 Å². The fourth-order valence-corrected chi connectivity index (χ4v) is 4.92. The number of furan rings is 1. The Bertz CT molecular complexity index is 898. The lowest BCUT2D eigenvalue weighted by Crippen LogP contribution is -2.20. The van der Waals surface area contributed by atoms with Gasteiger partial charge in [-0.3, -0.25) is 0 Å². The molecule has 0 N–H and O–H groups in total. The van der Waals surface area contributed by atoms with Gasteiger partial charge >= 0.3 is 0 Å². The molecule has 0 aromatic carbocycles. The van der Waals surface area contributed by atoms with Crippen molar-refractivity contribution in [3.8, 4) is 0 Å². The molecule has 0 amide bonds. The predicted octanol–water partition coefficient (Wildman–Crippen LogP) is 8.74. The molecule has 32 heavy (non-hydrogen) atoms. The number of halogens is 1. The minimum Gasteiger partial charge on any atom is -0.456 e. The van der Waals surface area contributed by atoms with E-state index in [4.69, 9.17) is 20.8 Å². The first-order chi connectivity index (χ1) is 15.4. The van der Waals surface area contributed by atoms with E-state index in [0.717, 1.165) is 62.4 Å². The lowest BCUT2D eigenvalue weighted by atomic mass is 9.78. The van der Waals surface area contributed by atoms with E-state index in [1.54, 1.807) is 0 Å². The quantitative estimate of drug-likeness (QED) is 0.428. The van der Waals surface area contributed by atoms with Crippen LogP contribution in [0.4, 0.5) is 0 Å². The fourth-order valence-electron chi connectivity index (χ4n) is 4.71. The minimum atomic E-state index is 0.137. The summed E-state index contributed by atoms with van der Waals surface area (Å²) >= 11 is 6.41. The molecule has 3 rings (SSSR count). The molecule has 1 aromatic rings. The van der Waals surface area contributed by atoms with Crippen LogP contribution in [-0.4, -0.2) is 13.2 Å². The second-order valence-corrected chi connectivity index (χ2v) is 9.94. The Morgan fingerprint density at radius 2 is 2.09 bits per heavy atom. The van der Waals surface area contributed by atoms with E-state index in [0.29, 0.717) is 22.8 Å². The molecule has 1 aliphatic heterocycles. The Morgan fingerprint density at radius 1 is 1.28 bits per heavy atom. The maximum Gasteiger partial charge on any atom is 0.135 e. The lowest BCUT2D eigenvalue weighted by Gasteiger charge is -2.29. The van der Waals surface area contributed by atoms with Gasteiger partial charge in [-0.1, -0.05) is 75.4 Å². The summed E-state index contributed by atoms with van der Waals surface area (Å²) in [5.41, 5.74) is 3.59. The van der Waals surface area contributed by atoms with Crippen LogP contribution < -0.4 is 0 Å². The van der Waals surface area contributed by atoms with Crippen molar-refractivity contribution in [2.45, 2.75) is 59.8 Å². The van der Waals surface area contributed by atoms with Crippen LogP contribution in [0, 0.1) is 30.6 Å². The van der Waals surface area contributed by atoms with Gasteiger partial charge in [0.2, 0.25) is 0 Å². The first-order valence-electron chi connectivity index (χ1n) is 12.2. The molecule has 4 atom stereocenters. The second-order valence-electron chi connectivity index (χ2n) is 9.46. The summed E-state index contributed by atoms with van der Waals surface area (Å²) in [6.45, 7) is 14.6. The Labute approximate surface area is 199 Å². The summed E-state index contributed by atoms with van der Waals surface area (Å²) < 4.78 is 12.4. The molecule has 1 aliphatic carbocycles. The normalized spacial score (nSPS) is 29.6. The molecule has 2 heterocycles. The molecular weight excluding hydrogens is 416 g/mol. The number of hydrogen-bond acceptors (Lipinski definition) is 2. The Balaban J connectivity index is 2.05. The first kappa shape index (κ1) is 24.9. The van der Waals surface area contributed by atoms with E-state index in [9.17, 15) is 0 Å². The minimum absolute atomic E-state index is 0.137. The summed E-state index contributed by atoms with van der Waals surface area (Å²) in [5.74, 6) is 3.57. The van der Waals surface area contributed by atoms with Crippen molar-refractivity contribution in [2.24, 2.45) is 23.7 Å². The number of rotatable bonds is 6. The molecular formula is C29H39ClO2. The summed E-state index contributed by atoms with van der Waals surface area (Å²) in [6.07, 6.45) is 18.5. The van der Waals surface area contributed by atoms with E-state index in [1.807, 2.05) is 0 Å². The summed E-state index contributed by atoms with van der Waals surface area (Å²) in [5, 5.41) is 0.696. The van der Waals surface area contributed by atoms with E-state index in [-0.39, 0.29) is 5.92 Å². The molecule has 1 fully saturated rings. The monoisotopic (exact) mass is 454 g/mol. The molecule has 2 aliphatic rings. The molecule has 4 unspecified atom stereocenters. The zero-order valence-corrected chi connectivity index (χ0v) is 21.0. The van der Waals surface area contributed by atoms with Gasteiger partial charge in [-0.25, -0.2) is 0 Å². The number of ether oxygens (including phenoxy) is 1. The highest BCUT2D eigenvalue weighted by Gasteiger charge is 2.28. The molecule has 174 valence electrons. The standard InChI is InChI=1S/C29H39ClO2/c1-6-24(23(5)30)19-27(26-14-9-16-31-17-15-21(26)3)29-22(4)18-28(32-29)25-12-7-10-20(2)11-8-13-25/h7-8,10,12-13,18-21,24,26H,5-6,9,11,14-17H2,1-4H3/b10-7-,13-8+,25-12+,27-19-.